The predicted octanol–water partition coefficient (Wildman–Crippen LogP) is 1.64. The molecule has 1 aromatic heterocycles. The molecule has 0 aromatic carbocycles. The van der Waals surface area contributed by atoms with Gasteiger partial charge in [0.15, 0.2) is 5.69 Å². The third kappa shape index (κ3) is 4.04. The molecule has 5 nitrogen and oxygen atoms in total. The first-order valence-electron chi connectivity index (χ1n) is 6.18. The number of halogens is 3. The molecule has 1 aliphatic rings. The van der Waals surface area contributed by atoms with Crippen LogP contribution in [0.3, 0.4) is 0 Å². The number of nitrogens with zero attached hydrogens (tertiary/aromatic N) is 2. The maximum absolute atomic E-state index is 12.5. The molecule has 0 amide bonds. The molecule has 1 fully saturated rings. The maximum atomic E-state index is 12.5. The van der Waals surface area contributed by atoms with Gasteiger partial charge < -0.3 is 14.8 Å². The van der Waals surface area contributed by atoms with E-state index in [9.17, 15) is 13.2 Å². The second-order valence-electron chi connectivity index (χ2n) is 5.16. The smallest absolute Gasteiger partial charge is 0.433 e. The summed E-state index contributed by atoms with van der Waals surface area (Å²) in [7, 11) is 0. The number of hydrogen-bond donors (Lipinski definition) is 1. The lowest BCUT2D eigenvalue weighted by Gasteiger charge is -2.36. The average molecular weight is 291 g/mol. The zero-order valence-corrected chi connectivity index (χ0v) is 11.2. The number of alkyl halides is 3. The molecule has 2 heterocycles. The summed E-state index contributed by atoms with van der Waals surface area (Å²) in [5.74, 6) is 0. The minimum Gasteiger partial charge on any atom is -0.461 e. The Labute approximate surface area is 114 Å². The van der Waals surface area contributed by atoms with Crippen LogP contribution < -0.4 is 10.1 Å². The summed E-state index contributed by atoms with van der Waals surface area (Å²) in [4.78, 5) is 6.99. The van der Waals surface area contributed by atoms with Crippen molar-refractivity contribution in [2.45, 2.75) is 31.7 Å². The Morgan fingerprint density at radius 3 is 2.90 bits per heavy atom. The van der Waals surface area contributed by atoms with Gasteiger partial charge in [-0.05, 0) is 19.9 Å². The molecule has 0 aliphatic carbocycles. The molecule has 0 radical (unpaired) electrons. The second-order valence-corrected chi connectivity index (χ2v) is 5.16. The monoisotopic (exact) mass is 291 g/mol. The van der Waals surface area contributed by atoms with E-state index < -0.39 is 11.9 Å². The molecule has 1 atom stereocenters. The molecule has 112 valence electrons. The highest BCUT2D eigenvalue weighted by Gasteiger charge is 2.33. The van der Waals surface area contributed by atoms with Crippen molar-refractivity contribution in [2.24, 2.45) is 0 Å². The van der Waals surface area contributed by atoms with E-state index in [1.165, 1.54) is 0 Å². The topological polar surface area (TPSA) is 56.3 Å². The van der Waals surface area contributed by atoms with Crippen LogP contribution in [-0.2, 0) is 10.9 Å². The van der Waals surface area contributed by atoms with Crippen LogP contribution in [0.15, 0.2) is 12.3 Å². The Balaban J connectivity index is 1.94. The van der Waals surface area contributed by atoms with Crippen LogP contribution in [0.5, 0.6) is 6.01 Å². The second kappa shape index (κ2) is 5.53. The number of nitrogens with one attached hydrogen (secondary N) is 1. The summed E-state index contributed by atoms with van der Waals surface area (Å²) in [5, 5.41) is 3.17. The quantitative estimate of drug-likeness (QED) is 0.917. The molecule has 2 rings (SSSR count). The van der Waals surface area contributed by atoms with Gasteiger partial charge in [-0.1, -0.05) is 0 Å². The molecule has 8 heteroatoms. The number of rotatable bonds is 3. The van der Waals surface area contributed by atoms with E-state index in [4.69, 9.17) is 9.47 Å². The Bertz CT molecular complexity index is 466. The van der Waals surface area contributed by atoms with Gasteiger partial charge in [-0.3, -0.25) is 0 Å². The highest BCUT2D eigenvalue weighted by Crippen LogP contribution is 2.27. The van der Waals surface area contributed by atoms with Crippen molar-refractivity contribution >= 4 is 0 Å². The van der Waals surface area contributed by atoms with Gasteiger partial charge in [0.2, 0.25) is 0 Å². The van der Waals surface area contributed by atoms with E-state index in [1.807, 2.05) is 13.8 Å². The van der Waals surface area contributed by atoms with Crippen molar-refractivity contribution in [1.82, 2.24) is 15.3 Å². The highest BCUT2D eigenvalue weighted by atomic mass is 19.4. The van der Waals surface area contributed by atoms with E-state index >= 15 is 0 Å². The Hall–Kier alpha value is -1.41. The van der Waals surface area contributed by atoms with E-state index in [2.05, 4.69) is 15.3 Å². The van der Waals surface area contributed by atoms with Crippen molar-refractivity contribution < 1.29 is 22.6 Å². The van der Waals surface area contributed by atoms with Crippen LogP contribution >= 0.6 is 0 Å². The molecule has 0 bridgehead atoms. The predicted molar refractivity (Wildman–Crippen MR) is 64.4 cm³/mol. The molecular weight excluding hydrogens is 275 g/mol. The summed E-state index contributed by atoms with van der Waals surface area (Å²) in [6.07, 6.45) is -3.74. The summed E-state index contributed by atoms with van der Waals surface area (Å²) < 4.78 is 48.4. The normalized spacial score (nSPS) is 22.6. The zero-order valence-electron chi connectivity index (χ0n) is 11.2. The number of aromatic nitrogens is 2. The molecule has 1 unspecified atom stereocenters. The van der Waals surface area contributed by atoms with E-state index in [1.54, 1.807) is 0 Å². The molecular formula is C12H16F3N3O2. The molecule has 1 aliphatic heterocycles. The van der Waals surface area contributed by atoms with Gasteiger partial charge >= 0.3 is 12.2 Å². The largest absolute Gasteiger partial charge is 0.461 e. The molecule has 20 heavy (non-hydrogen) atoms. The molecule has 0 spiro atoms. The summed E-state index contributed by atoms with van der Waals surface area (Å²) >= 11 is 0. The highest BCUT2D eigenvalue weighted by molar-refractivity contribution is 5.08. The SMILES string of the molecule is CC1(C)CNCC(COc2nccc(C(F)(F)F)n2)O1. The molecule has 1 saturated heterocycles. The van der Waals surface area contributed by atoms with Gasteiger partial charge in [-0.25, -0.2) is 4.98 Å². The number of ether oxygens (including phenoxy) is 2. The lowest BCUT2D eigenvalue weighted by molar-refractivity contribution is -0.141. The van der Waals surface area contributed by atoms with E-state index in [0.717, 1.165) is 12.3 Å². The lowest BCUT2D eigenvalue weighted by atomic mass is 10.1. The van der Waals surface area contributed by atoms with Gasteiger partial charge in [-0.15, -0.1) is 0 Å². The molecule has 1 N–H and O–H groups in total. The minimum absolute atomic E-state index is 0.0950. The van der Waals surface area contributed by atoms with Crippen LogP contribution in [0.4, 0.5) is 13.2 Å². The van der Waals surface area contributed by atoms with Crippen LogP contribution in [0.25, 0.3) is 0 Å². The zero-order chi connectivity index (χ0) is 14.8. The molecule has 1 aromatic rings. The minimum atomic E-state index is -4.51. The van der Waals surface area contributed by atoms with Gasteiger partial charge in [0.05, 0.1) is 5.60 Å². The summed E-state index contributed by atoms with van der Waals surface area (Å²) in [5.41, 5.74) is -1.36. The fourth-order valence-electron chi connectivity index (χ4n) is 1.90. The maximum Gasteiger partial charge on any atom is 0.433 e. The first-order chi connectivity index (χ1) is 9.26. The van der Waals surface area contributed by atoms with Gasteiger partial charge in [0, 0.05) is 19.3 Å². The fourth-order valence-corrected chi connectivity index (χ4v) is 1.90. The van der Waals surface area contributed by atoms with Crippen molar-refractivity contribution in [3.63, 3.8) is 0 Å². The third-order valence-electron chi connectivity index (χ3n) is 2.73. The summed E-state index contributed by atoms with van der Waals surface area (Å²) in [6.45, 7) is 5.23. The van der Waals surface area contributed by atoms with Gasteiger partial charge in [-0.2, -0.15) is 18.2 Å². The van der Waals surface area contributed by atoms with Crippen molar-refractivity contribution in [2.75, 3.05) is 19.7 Å². The standard InChI is InChI=1S/C12H16F3N3O2/c1-11(2)7-16-5-8(20-11)6-19-10-17-4-3-9(18-10)12(13,14)15/h3-4,8,16H,5-7H2,1-2H3. The first-order valence-corrected chi connectivity index (χ1v) is 6.18. The summed E-state index contributed by atoms with van der Waals surface area (Å²) in [6, 6.07) is 0.501. The van der Waals surface area contributed by atoms with Gasteiger partial charge in [0.1, 0.15) is 12.7 Å². The van der Waals surface area contributed by atoms with Crippen LogP contribution in [0.1, 0.15) is 19.5 Å². The molecule has 0 saturated carbocycles. The average Bonchev–Trinajstić information content (AvgIpc) is 2.35. The van der Waals surface area contributed by atoms with Crippen molar-refractivity contribution in [3.8, 4) is 6.01 Å². The Morgan fingerprint density at radius 1 is 1.50 bits per heavy atom. The number of hydrogen-bond acceptors (Lipinski definition) is 5. The third-order valence-corrected chi connectivity index (χ3v) is 2.73. The van der Waals surface area contributed by atoms with E-state index in [-0.39, 0.29) is 24.3 Å². The lowest BCUT2D eigenvalue weighted by Crippen LogP contribution is -2.52. The number of morpholine rings is 1. The Morgan fingerprint density at radius 2 is 2.25 bits per heavy atom. The van der Waals surface area contributed by atoms with Crippen LogP contribution in [0.2, 0.25) is 0 Å². The van der Waals surface area contributed by atoms with Crippen LogP contribution in [0, 0.1) is 0 Å². The van der Waals surface area contributed by atoms with E-state index in [0.29, 0.717) is 13.1 Å². The first kappa shape index (κ1) is 15.0. The van der Waals surface area contributed by atoms with Crippen LogP contribution in [-0.4, -0.2) is 41.4 Å². The van der Waals surface area contributed by atoms with Crippen molar-refractivity contribution in [1.29, 1.82) is 0 Å². The Kier molecular flexibility index (Phi) is 4.14. The van der Waals surface area contributed by atoms with Crippen molar-refractivity contribution in [3.05, 3.63) is 18.0 Å². The fraction of sp³-hybridized carbons (Fsp3) is 0.667. The van der Waals surface area contributed by atoms with Gasteiger partial charge in [0.25, 0.3) is 0 Å².